The van der Waals surface area contributed by atoms with Gasteiger partial charge in [-0.1, -0.05) is 13.3 Å². The number of ether oxygens (including phenoxy) is 1. The Kier molecular flexibility index (Phi) is 3.34. The maximum atomic E-state index is 9.82. The molecule has 6 nitrogen and oxygen atoms in total. The number of fused-ring (bicyclic) bond motifs is 3. The largest absolute Gasteiger partial charge is 0.420 e. The van der Waals surface area contributed by atoms with Crippen molar-refractivity contribution >= 4 is 0 Å². The third-order valence-electron chi connectivity index (χ3n) is 5.80. The van der Waals surface area contributed by atoms with Crippen molar-refractivity contribution in [3.63, 3.8) is 0 Å². The molecule has 0 saturated carbocycles. The van der Waals surface area contributed by atoms with Gasteiger partial charge in [0.1, 0.15) is 11.6 Å². The number of H-pyrrole nitrogens is 1. The van der Waals surface area contributed by atoms with Gasteiger partial charge in [0.2, 0.25) is 11.8 Å². The van der Waals surface area contributed by atoms with Crippen molar-refractivity contribution in [1.29, 1.82) is 5.26 Å². The molecule has 5 rings (SSSR count). The van der Waals surface area contributed by atoms with Gasteiger partial charge in [0.25, 0.3) is 0 Å². The topological polar surface area (TPSA) is 91.0 Å². The van der Waals surface area contributed by atoms with Crippen LogP contribution >= 0.6 is 0 Å². The molecule has 4 aliphatic heterocycles. The first-order chi connectivity index (χ1) is 11.2. The van der Waals surface area contributed by atoms with Crippen LogP contribution in [0.25, 0.3) is 0 Å². The molecule has 1 spiro atoms. The van der Waals surface area contributed by atoms with Crippen LogP contribution in [0.1, 0.15) is 43.9 Å². The molecule has 0 radical (unpaired) electrons. The van der Waals surface area contributed by atoms with E-state index in [1.54, 1.807) is 0 Å². The molecule has 23 heavy (non-hydrogen) atoms. The van der Waals surface area contributed by atoms with Gasteiger partial charge in [-0.25, -0.2) is 0 Å². The van der Waals surface area contributed by atoms with Crippen molar-refractivity contribution in [3.8, 4) is 11.9 Å². The minimum Gasteiger partial charge on any atom is -0.420 e. The number of nitriles is 1. The second-order valence-corrected chi connectivity index (χ2v) is 6.96. The number of aryl methyl sites for hydroxylation is 1. The average Bonchev–Trinajstić information content (AvgIpc) is 2.97. The van der Waals surface area contributed by atoms with Crippen LogP contribution < -0.4 is 10.5 Å². The highest BCUT2D eigenvalue weighted by Crippen LogP contribution is 2.54. The summed E-state index contributed by atoms with van der Waals surface area (Å²) in [5.74, 6) is 1.27. The summed E-state index contributed by atoms with van der Waals surface area (Å²) < 4.78 is 5.71. The van der Waals surface area contributed by atoms with Crippen molar-refractivity contribution in [3.05, 3.63) is 22.7 Å². The van der Waals surface area contributed by atoms with E-state index in [0.717, 1.165) is 63.0 Å². The van der Waals surface area contributed by atoms with Gasteiger partial charge >= 0.3 is 0 Å². The van der Waals surface area contributed by atoms with E-state index in [2.05, 4.69) is 28.1 Å². The number of hydrogen-bond donors (Lipinski definition) is 2. The zero-order valence-corrected chi connectivity index (χ0v) is 13.6. The Morgan fingerprint density at radius 1 is 1.48 bits per heavy atom. The van der Waals surface area contributed by atoms with Crippen LogP contribution in [0.4, 0.5) is 0 Å². The third kappa shape index (κ3) is 1.93. The van der Waals surface area contributed by atoms with Gasteiger partial charge in [-0.15, -0.1) is 5.10 Å². The molecule has 6 heteroatoms. The Labute approximate surface area is 136 Å². The van der Waals surface area contributed by atoms with Crippen molar-refractivity contribution in [2.45, 2.75) is 44.4 Å². The number of piperidine rings is 3. The van der Waals surface area contributed by atoms with E-state index in [1.807, 2.05) is 0 Å². The molecule has 2 bridgehead atoms. The minimum atomic E-state index is -0.334. The monoisotopic (exact) mass is 313 g/mol. The lowest BCUT2D eigenvalue weighted by Crippen LogP contribution is -2.59. The number of nitrogens with one attached hydrogen (secondary N) is 1. The summed E-state index contributed by atoms with van der Waals surface area (Å²) in [6.45, 7) is 5.27. The zero-order chi connectivity index (χ0) is 16.0. The van der Waals surface area contributed by atoms with Crippen LogP contribution in [0.3, 0.4) is 0 Å². The van der Waals surface area contributed by atoms with E-state index in [0.29, 0.717) is 17.4 Å². The van der Waals surface area contributed by atoms with Crippen molar-refractivity contribution < 1.29 is 4.74 Å². The highest BCUT2D eigenvalue weighted by atomic mass is 16.5. The van der Waals surface area contributed by atoms with E-state index in [9.17, 15) is 5.26 Å². The van der Waals surface area contributed by atoms with E-state index >= 15 is 0 Å². The minimum absolute atomic E-state index is 0.238. The summed E-state index contributed by atoms with van der Waals surface area (Å²) in [7, 11) is 0. The first-order valence-electron chi connectivity index (χ1n) is 8.59. The van der Waals surface area contributed by atoms with E-state index in [4.69, 9.17) is 10.5 Å². The molecule has 0 aliphatic carbocycles. The van der Waals surface area contributed by atoms with E-state index in [1.165, 1.54) is 0 Å². The maximum absolute atomic E-state index is 9.82. The Morgan fingerprint density at radius 2 is 2.26 bits per heavy atom. The molecule has 3 saturated heterocycles. The third-order valence-corrected chi connectivity index (χ3v) is 5.80. The molecule has 0 amide bonds. The molecular formula is C17H23N5O. The normalized spacial score (nSPS) is 31.8. The molecule has 0 unspecified atom stereocenters. The predicted octanol–water partition coefficient (Wildman–Crippen LogP) is 1.80. The fourth-order valence-electron chi connectivity index (χ4n) is 4.71. The molecule has 5 heterocycles. The summed E-state index contributed by atoms with van der Waals surface area (Å²) in [6.07, 6.45) is 5.38. The number of rotatable bonds is 3. The van der Waals surface area contributed by atoms with Crippen molar-refractivity contribution in [2.75, 3.05) is 19.6 Å². The Bertz CT molecular complexity index is 692. The molecular weight excluding hydrogens is 290 g/mol. The summed E-state index contributed by atoms with van der Waals surface area (Å²) in [6, 6.07) is 2.37. The van der Waals surface area contributed by atoms with Crippen LogP contribution in [0, 0.1) is 17.2 Å². The van der Waals surface area contributed by atoms with Crippen LogP contribution in [0.5, 0.6) is 5.88 Å². The summed E-state index contributed by atoms with van der Waals surface area (Å²) in [4.78, 5) is 2.45. The lowest BCUT2D eigenvalue weighted by Gasteiger charge is -2.54. The van der Waals surface area contributed by atoms with Crippen LogP contribution in [-0.2, 0) is 11.8 Å². The number of unbranched alkanes of at least 4 members (excludes halogenated alkanes) is 1. The molecule has 1 atom stereocenters. The summed E-state index contributed by atoms with van der Waals surface area (Å²) in [5.41, 5.74) is 8.61. The molecule has 3 N–H and O–H groups in total. The predicted molar refractivity (Wildman–Crippen MR) is 85.5 cm³/mol. The highest BCUT2D eigenvalue weighted by Gasteiger charge is 2.56. The van der Waals surface area contributed by atoms with Crippen LogP contribution in [-0.4, -0.2) is 34.7 Å². The second kappa shape index (κ2) is 5.27. The van der Waals surface area contributed by atoms with E-state index in [-0.39, 0.29) is 11.3 Å². The first kappa shape index (κ1) is 14.6. The van der Waals surface area contributed by atoms with Gasteiger partial charge in [-0.3, -0.25) is 5.10 Å². The Balaban J connectivity index is 1.89. The van der Waals surface area contributed by atoms with E-state index < -0.39 is 0 Å². The number of hydrogen-bond acceptors (Lipinski definition) is 5. The average molecular weight is 313 g/mol. The van der Waals surface area contributed by atoms with Gasteiger partial charge in [-0.05, 0) is 44.7 Å². The molecule has 0 aromatic carbocycles. The maximum Gasteiger partial charge on any atom is 0.244 e. The van der Waals surface area contributed by atoms with Gasteiger partial charge < -0.3 is 15.4 Å². The van der Waals surface area contributed by atoms with Crippen LogP contribution in [0.2, 0.25) is 0 Å². The fraction of sp³-hybridized carbons (Fsp3) is 0.647. The van der Waals surface area contributed by atoms with Gasteiger partial charge in [0, 0.05) is 12.2 Å². The lowest BCUT2D eigenvalue weighted by atomic mass is 9.58. The Hall–Kier alpha value is -2.00. The first-order valence-corrected chi connectivity index (χ1v) is 8.59. The molecule has 1 aromatic heterocycles. The molecule has 1 aromatic rings. The lowest BCUT2D eigenvalue weighted by molar-refractivity contribution is 0.0382. The SMILES string of the molecule is CCCCc1[nH]nc2c1[C@@]1(CN3CCC1CC3)C(C#N)=C(N)O2. The quantitative estimate of drug-likeness (QED) is 0.888. The highest BCUT2D eigenvalue weighted by molar-refractivity contribution is 5.56. The molecule has 4 aliphatic rings. The smallest absolute Gasteiger partial charge is 0.244 e. The van der Waals surface area contributed by atoms with Gasteiger partial charge in [0.05, 0.1) is 11.0 Å². The number of aromatic amines is 1. The van der Waals surface area contributed by atoms with Crippen molar-refractivity contribution in [1.82, 2.24) is 15.1 Å². The van der Waals surface area contributed by atoms with Crippen molar-refractivity contribution in [2.24, 2.45) is 11.7 Å². The number of nitrogens with zero attached hydrogens (tertiary/aromatic N) is 3. The standard InChI is InChI=1S/C17H23N5O/c1-2-3-4-13-14-16(21-20-13)23-15(19)12(9-18)17(14)10-22-7-5-11(17)6-8-22/h11H,2-8,10,19H2,1H3,(H,20,21)/t17-/m1/s1. The Morgan fingerprint density at radius 3 is 2.87 bits per heavy atom. The second-order valence-electron chi connectivity index (χ2n) is 6.96. The van der Waals surface area contributed by atoms with Gasteiger partial charge in [0.15, 0.2) is 0 Å². The molecule has 3 fully saturated rings. The summed E-state index contributed by atoms with van der Waals surface area (Å²) in [5, 5.41) is 17.4. The van der Waals surface area contributed by atoms with Gasteiger partial charge in [-0.2, -0.15) is 5.26 Å². The van der Waals surface area contributed by atoms with Crippen LogP contribution in [0.15, 0.2) is 11.5 Å². The fourth-order valence-corrected chi connectivity index (χ4v) is 4.71. The number of aromatic nitrogens is 2. The summed E-state index contributed by atoms with van der Waals surface area (Å²) >= 11 is 0. The molecule has 122 valence electrons. The zero-order valence-electron chi connectivity index (χ0n) is 13.6. The number of nitrogens with two attached hydrogens (primary N) is 1.